The zero-order chi connectivity index (χ0) is 9.10. The van der Waals surface area contributed by atoms with Gasteiger partial charge in [-0.05, 0) is 0 Å². The fourth-order valence-corrected chi connectivity index (χ4v) is 1.70. The van der Waals surface area contributed by atoms with E-state index in [0.717, 1.165) is 5.04 Å². The van der Waals surface area contributed by atoms with E-state index >= 15 is 0 Å². The Hall–Kier alpha value is -1.41. The number of rotatable bonds is 1. The maximum atomic E-state index is 5.15. The van der Waals surface area contributed by atoms with E-state index in [9.17, 15) is 0 Å². The van der Waals surface area contributed by atoms with Crippen molar-refractivity contribution < 1.29 is 0 Å². The van der Waals surface area contributed by atoms with E-state index < -0.39 is 0 Å². The molecule has 0 aromatic rings. The van der Waals surface area contributed by atoms with Crippen molar-refractivity contribution in [2.75, 3.05) is 5.75 Å². The quantitative estimate of drug-likeness (QED) is 0.559. The van der Waals surface area contributed by atoms with Gasteiger partial charge in [-0.2, -0.15) is 0 Å². The molecular weight excluding hydrogens is 184 g/mol. The van der Waals surface area contributed by atoms with Gasteiger partial charge in [-0.15, -0.1) is 6.42 Å². The maximum absolute atomic E-state index is 5.15. The molecule has 1 atom stereocenters. The molecule has 2 rings (SSSR count). The van der Waals surface area contributed by atoms with Gasteiger partial charge in [0.25, 0.3) is 0 Å². The lowest BCUT2D eigenvalue weighted by molar-refractivity contribution is 1.16. The van der Waals surface area contributed by atoms with Crippen molar-refractivity contribution in [1.29, 1.82) is 0 Å². The Morgan fingerprint density at radius 2 is 2.38 bits per heavy atom. The summed E-state index contributed by atoms with van der Waals surface area (Å²) in [5, 5.41) is 0.875. The summed E-state index contributed by atoms with van der Waals surface area (Å²) in [6.07, 6.45) is 8.15. The van der Waals surface area contributed by atoms with Gasteiger partial charge in [-0.1, -0.05) is 17.7 Å². The molecule has 2 heterocycles. The second-order valence-electron chi connectivity index (χ2n) is 2.36. The molecule has 0 radical (unpaired) electrons. The van der Waals surface area contributed by atoms with Crippen LogP contribution in [0.15, 0.2) is 20.0 Å². The zero-order valence-corrected chi connectivity index (χ0v) is 7.53. The van der Waals surface area contributed by atoms with Crippen molar-refractivity contribution in [1.82, 2.24) is 0 Å². The first kappa shape index (κ1) is 8.20. The second-order valence-corrected chi connectivity index (χ2v) is 3.35. The molecule has 2 aliphatic heterocycles. The SMILES string of the molecule is C#CCSC1=NC=NC2=NC=NC21. The predicted octanol–water partition coefficient (Wildman–Crippen LogP) is 0.602. The number of thioether (sulfide) groups is 1. The van der Waals surface area contributed by atoms with E-state index in [1.807, 2.05) is 0 Å². The van der Waals surface area contributed by atoms with Gasteiger partial charge < -0.3 is 0 Å². The molecule has 0 amide bonds. The molecule has 0 spiro atoms. The van der Waals surface area contributed by atoms with Crippen LogP contribution in [0.25, 0.3) is 0 Å². The van der Waals surface area contributed by atoms with E-state index in [4.69, 9.17) is 6.42 Å². The molecule has 2 aliphatic rings. The van der Waals surface area contributed by atoms with Crippen LogP contribution in [0, 0.1) is 12.3 Å². The highest BCUT2D eigenvalue weighted by Crippen LogP contribution is 2.17. The number of aliphatic imine (C=N–C) groups is 4. The van der Waals surface area contributed by atoms with Crippen molar-refractivity contribution in [3.05, 3.63) is 0 Å². The van der Waals surface area contributed by atoms with Crippen LogP contribution >= 0.6 is 11.8 Å². The summed E-state index contributed by atoms with van der Waals surface area (Å²) in [6, 6.07) is -0.108. The molecule has 0 aliphatic carbocycles. The summed E-state index contributed by atoms with van der Waals surface area (Å²) >= 11 is 1.50. The highest BCUT2D eigenvalue weighted by molar-refractivity contribution is 8.14. The van der Waals surface area contributed by atoms with Gasteiger partial charge in [0.05, 0.1) is 5.75 Å². The Labute approximate surface area is 80.0 Å². The van der Waals surface area contributed by atoms with E-state index in [0.29, 0.717) is 11.6 Å². The van der Waals surface area contributed by atoms with Gasteiger partial charge in [0.2, 0.25) is 0 Å². The normalized spacial score (nSPS) is 23.5. The molecule has 0 aromatic heterocycles. The maximum Gasteiger partial charge on any atom is 0.163 e. The smallest absolute Gasteiger partial charge is 0.163 e. The molecule has 5 heteroatoms. The van der Waals surface area contributed by atoms with Crippen molar-refractivity contribution in [3.63, 3.8) is 0 Å². The first-order valence-corrected chi connectivity index (χ1v) is 4.66. The molecule has 64 valence electrons. The minimum atomic E-state index is -0.108. The van der Waals surface area contributed by atoms with Crippen molar-refractivity contribution in [3.8, 4) is 12.3 Å². The third kappa shape index (κ3) is 1.53. The highest BCUT2D eigenvalue weighted by atomic mass is 32.2. The van der Waals surface area contributed by atoms with Gasteiger partial charge in [-0.3, -0.25) is 4.99 Å². The van der Waals surface area contributed by atoms with Crippen LogP contribution in [0.4, 0.5) is 0 Å². The lowest BCUT2D eigenvalue weighted by atomic mass is 10.3. The molecular formula is C8H6N4S. The summed E-state index contributed by atoms with van der Waals surface area (Å²) in [7, 11) is 0. The molecule has 4 nitrogen and oxygen atoms in total. The lowest BCUT2D eigenvalue weighted by Gasteiger charge is -2.11. The summed E-state index contributed by atoms with van der Waals surface area (Å²) in [5.41, 5.74) is 0. The fourth-order valence-electron chi connectivity index (χ4n) is 1.02. The van der Waals surface area contributed by atoms with E-state index in [-0.39, 0.29) is 6.04 Å². The highest BCUT2D eigenvalue weighted by Gasteiger charge is 2.25. The van der Waals surface area contributed by atoms with Gasteiger partial charge >= 0.3 is 0 Å². The molecule has 0 bridgehead atoms. The largest absolute Gasteiger partial charge is 0.255 e. The van der Waals surface area contributed by atoms with Crippen molar-refractivity contribution >= 4 is 35.3 Å². The van der Waals surface area contributed by atoms with Crippen LogP contribution in [0.3, 0.4) is 0 Å². The van der Waals surface area contributed by atoms with Crippen LogP contribution in [0.2, 0.25) is 0 Å². The van der Waals surface area contributed by atoms with Crippen molar-refractivity contribution in [2.45, 2.75) is 6.04 Å². The van der Waals surface area contributed by atoms with E-state index in [1.54, 1.807) is 0 Å². The van der Waals surface area contributed by atoms with Crippen LogP contribution in [-0.4, -0.2) is 35.4 Å². The van der Waals surface area contributed by atoms with Gasteiger partial charge in [0, 0.05) is 0 Å². The minimum absolute atomic E-state index is 0.108. The van der Waals surface area contributed by atoms with Crippen molar-refractivity contribution in [2.24, 2.45) is 20.0 Å². The molecule has 1 unspecified atom stereocenters. The Kier molecular flexibility index (Phi) is 2.23. The van der Waals surface area contributed by atoms with Gasteiger partial charge in [-0.25, -0.2) is 15.0 Å². The summed E-state index contributed by atoms with van der Waals surface area (Å²) in [6.45, 7) is 0. The number of fused-ring (bicyclic) bond motifs is 1. The van der Waals surface area contributed by atoms with E-state index in [2.05, 4.69) is 25.9 Å². The van der Waals surface area contributed by atoms with Crippen LogP contribution in [0.5, 0.6) is 0 Å². The Balaban J connectivity index is 2.15. The average Bonchev–Trinajstić information content (AvgIpc) is 2.62. The van der Waals surface area contributed by atoms with Crippen LogP contribution < -0.4 is 0 Å². The molecule has 0 saturated heterocycles. The summed E-state index contributed by atoms with van der Waals surface area (Å²) in [5.74, 6) is 3.85. The lowest BCUT2D eigenvalue weighted by Crippen LogP contribution is -2.25. The molecule has 13 heavy (non-hydrogen) atoms. The van der Waals surface area contributed by atoms with Crippen LogP contribution in [0.1, 0.15) is 0 Å². The fraction of sp³-hybridized carbons (Fsp3) is 0.250. The molecule has 0 aromatic carbocycles. The van der Waals surface area contributed by atoms with Gasteiger partial charge in [0.1, 0.15) is 17.7 Å². The number of nitrogens with zero attached hydrogens (tertiary/aromatic N) is 4. The first-order chi connectivity index (χ1) is 6.42. The Morgan fingerprint density at radius 1 is 1.46 bits per heavy atom. The first-order valence-electron chi connectivity index (χ1n) is 3.67. The second kappa shape index (κ2) is 3.54. The monoisotopic (exact) mass is 190 g/mol. The number of amidine groups is 1. The Bertz CT molecular complexity index is 372. The number of terminal acetylenes is 1. The third-order valence-corrected chi connectivity index (χ3v) is 2.50. The predicted molar refractivity (Wildman–Crippen MR) is 56.9 cm³/mol. The molecule has 0 N–H and O–H groups in total. The van der Waals surface area contributed by atoms with E-state index in [1.165, 1.54) is 24.4 Å². The minimum Gasteiger partial charge on any atom is -0.255 e. The number of hydrogen-bond donors (Lipinski definition) is 0. The third-order valence-electron chi connectivity index (χ3n) is 1.56. The van der Waals surface area contributed by atoms with Crippen LogP contribution in [-0.2, 0) is 0 Å². The molecule has 0 fully saturated rings. The topological polar surface area (TPSA) is 49.4 Å². The zero-order valence-electron chi connectivity index (χ0n) is 6.71. The standard InChI is InChI=1S/C8H6N4S/c1-2-3-13-8-6-7(10-4-9-6)11-5-12-8/h1,4-6H,3H2. The summed E-state index contributed by atoms with van der Waals surface area (Å²) < 4.78 is 0. The number of hydrogen-bond acceptors (Lipinski definition) is 5. The summed E-state index contributed by atoms with van der Waals surface area (Å²) in [4.78, 5) is 16.2. The molecule has 0 saturated carbocycles. The Morgan fingerprint density at radius 3 is 3.23 bits per heavy atom. The van der Waals surface area contributed by atoms with Gasteiger partial charge in [0.15, 0.2) is 11.9 Å². The average molecular weight is 190 g/mol.